The topological polar surface area (TPSA) is 114 Å². The summed E-state index contributed by atoms with van der Waals surface area (Å²) in [5.41, 5.74) is 0.851. The van der Waals surface area contributed by atoms with Gasteiger partial charge in [-0.2, -0.15) is 0 Å². The Kier molecular flexibility index (Phi) is 11.8. The predicted molar refractivity (Wildman–Crippen MR) is 148 cm³/mol. The molecule has 0 radical (unpaired) electrons. The van der Waals surface area contributed by atoms with Crippen LogP contribution < -0.4 is 10.6 Å². The van der Waals surface area contributed by atoms with E-state index in [1.165, 1.54) is 7.11 Å². The van der Waals surface area contributed by atoms with Gasteiger partial charge in [0.05, 0.1) is 7.11 Å². The fourth-order valence-electron chi connectivity index (χ4n) is 4.04. The van der Waals surface area contributed by atoms with Crippen molar-refractivity contribution < 1.29 is 28.7 Å². The van der Waals surface area contributed by atoms with Gasteiger partial charge >= 0.3 is 12.1 Å². The molecule has 38 heavy (non-hydrogen) atoms. The van der Waals surface area contributed by atoms with Gasteiger partial charge in [-0.15, -0.1) is 0 Å². The van der Waals surface area contributed by atoms with Gasteiger partial charge in [0.1, 0.15) is 24.2 Å². The van der Waals surface area contributed by atoms with Crippen molar-refractivity contribution in [2.45, 2.75) is 105 Å². The van der Waals surface area contributed by atoms with Crippen LogP contribution in [0.5, 0.6) is 0 Å². The average molecular weight is 534 g/mol. The van der Waals surface area contributed by atoms with Gasteiger partial charge in [-0.3, -0.25) is 14.4 Å². The number of amides is 3. The Morgan fingerprint density at radius 2 is 1.63 bits per heavy atom. The largest absolute Gasteiger partial charge is 0.468 e. The third-order valence-electron chi connectivity index (χ3n) is 6.32. The number of methoxy groups -OCH3 is 1. The quantitative estimate of drug-likeness (QED) is 0.402. The zero-order chi connectivity index (χ0) is 29.4. The number of nitrogens with zero attached hydrogens (tertiary/aromatic N) is 1. The number of aryl methyl sites for hydroxylation is 2. The molecule has 0 fully saturated rings. The molecule has 2 atom stereocenters. The van der Waals surface area contributed by atoms with Crippen LogP contribution in [0.3, 0.4) is 0 Å². The Balaban J connectivity index is 3.72. The van der Waals surface area contributed by atoms with Gasteiger partial charge in [0.2, 0.25) is 11.8 Å². The van der Waals surface area contributed by atoms with Crippen molar-refractivity contribution in [3.05, 3.63) is 34.9 Å². The summed E-state index contributed by atoms with van der Waals surface area (Å²) in [6, 6.07) is 3.72. The van der Waals surface area contributed by atoms with Gasteiger partial charge < -0.3 is 25.0 Å². The number of benzene rings is 1. The molecule has 1 rings (SSSR count). The second-order valence-electron chi connectivity index (χ2n) is 11.8. The molecule has 0 saturated carbocycles. The van der Waals surface area contributed by atoms with Crippen molar-refractivity contribution in [1.29, 1.82) is 0 Å². The molecule has 2 unspecified atom stereocenters. The van der Waals surface area contributed by atoms with Crippen LogP contribution in [0.25, 0.3) is 0 Å². The van der Waals surface area contributed by atoms with Gasteiger partial charge in [-0.25, -0.2) is 4.79 Å². The Labute approximate surface area is 228 Å². The minimum Gasteiger partial charge on any atom is -0.468 e. The second-order valence-corrected chi connectivity index (χ2v) is 11.8. The van der Waals surface area contributed by atoms with Crippen LogP contribution in [0.1, 0.15) is 91.0 Å². The zero-order valence-corrected chi connectivity index (χ0v) is 25.0. The first kappa shape index (κ1) is 32.9. The van der Waals surface area contributed by atoms with E-state index in [1.54, 1.807) is 25.7 Å². The smallest absolute Gasteiger partial charge is 0.408 e. The SMILES string of the molecule is CCC(C)(C)N(C(=O)C(CC(C)C)NC(=O)OC(C)(C)C)C(C(=O)NCC(=O)OC)c1cc(C)ccc1C. The van der Waals surface area contributed by atoms with Crippen molar-refractivity contribution in [3.63, 3.8) is 0 Å². The summed E-state index contributed by atoms with van der Waals surface area (Å²) in [5, 5.41) is 5.40. The van der Waals surface area contributed by atoms with Crippen LogP contribution in [0.15, 0.2) is 18.2 Å². The number of ether oxygens (including phenoxy) is 2. The minimum absolute atomic E-state index is 0.0674. The molecule has 0 heterocycles. The van der Waals surface area contributed by atoms with Crippen LogP contribution in [0.4, 0.5) is 4.79 Å². The molecular formula is C29H47N3O6. The lowest BCUT2D eigenvalue weighted by Gasteiger charge is -2.45. The van der Waals surface area contributed by atoms with Crippen LogP contribution in [-0.4, -0.2) is 59.6 Å². The van der Waals surface area contributed by atoms with Gasteiger partial charge in [0.25, 0.3) is 0 Å². The second kappa shape index (κ2) is 13.6. The lowest BCUT2D eigenvalue weighted by Crippen LogP contribution is -2.59. The van der Waals surface area contributed by atoms with Crippen LogP contribution in [-0.2, 0) is 23.9 Å². The zero-order valence-electron chi connectivity index (χ0n) is 25.0. The Bertz CT molecular complexity index is 997. The van der Waals surface area contributed by atoms with Crippen molar-refractivity contribution in [2.24, 2.45) is 5.92 Å². The monoisotopic (exact) mass is 533 g/mol. The number of nitrogens with one attached hydrogen (secondary N) is 2. The third kappa shape index (κ3) is 9.65. The molecule has 0 aliphatic heterocycles. The summed E-state index contributed by atoms with van der Waals surface area (Å²) in [5.74, 6) is -1.46. The molecule has 0 aliphatic carbocycles. The Morgan fingerprint density at radius 3 is 2.13 bits per heavy atom. The maximum Gasteiger partial charge on any atom is 0.408 e. The molecule has 3 amide bonds. The number of rotatable bonds is 11. The maximum atomic E-state index is 14.4. The number of hydrogen-bond acceptors (Lipinski definition) is 6. The van der Waals surface area contributed by atoms with E-state index in [0.717, 1.165) is 11.1 Å². The summed E-state index contributed by atoms with van der Waals surface area (Å²) in [4.78, 5) is 54.3. The van der Waals surface area contributed by atoms with E-state index in [2.05, 4.69) is 10.6 Å². The molecule has 1 aromatic carbocycles. The van der Waals surface area contributed by atoms with Crippen molar-refractivity contribution in [2.75, 3.05) is 13.7 Å². The lowest BCUT2D eigenvalue weighted by molar-refractivity contribution is -0.150. The number of carbonyl (C=O) groups excluding carboxylic acids is 4. The highest BCUT2D eigenvalue weighted by atomic mass is 16.6. The number of esters is 1. The fraction of sp³-hybridized carbons (Fsp3) is 0.655. The molecule has 0 bridgehead atoms. The maximum absolute atomic E-state index is 14.4. The molecule has 0 aliphatic rings. The Hall–Kier alpha value is -3.10. The highest BCUT2D eigenvalue weighted by Crippen LogP contribution is 2.34. The lowest BCUT2D eigenvalue weighted by atomic mass is 9.89. The minimum atomic E-state index is -1.06. The van der Waals surface area contributed by atoms with Crippen molar-refractivity contribution >= 4 is 23.9 Å². The first-order chi connectivity index (χ1) is 17.4. The summed E-state index contributed by atoms with van der Waals surface area (Å²) >= 11 is 0. The number of carbonyl (C=O) groups is 4. The third-order valence-corrected chi connectivity index (χ3v) is 6.32. The molecule has 0 spiro atoms. The van der Waals surface area contributed by atoms with E-state index in [9.17, 15) is 19.2 Å². The van der Waals surface area contributed by atoms with Gasteiger partial charge in [0, 0.05) is 5.54 Å². The van der Waals surface area contributed by atoms with Gasteiger partial charge in [-0.05, 0) is 78.4 Å². The summed E-state index contributed by atoms with van der Waals surface area (Å²) < 4.78 is 10.1. The van der Waals surface area contributed by atoms with Crippen LogP contribution in [0, 0.1) is 19.8 Å². The van der Waals surface area contributed by atoms with E-state index in [1.807, 2.05) is 66.7 Å². The van der Waals surface area contributed by atoms with E-state index < -0.39 is 47.1 Å². The average Bonchev–Trinajstić information content (AvgIpc) is 2.79. The van der Waals surface area contributed by atoms with Crippen molar-refractivity contribution in [3.8, 4) is 0 Å². The molecule has 1 aromatic rings. The number of hydrogen-bond donors (Lipinski definition) is 2. The normalized spacial score (nSPS) is 13.4. The number of alkyl carbamates (subject to hydrolysis) is 1. The van der Waals surface area contributed by atoms with Crippen LogP contribution >= 0.6 is 0 Å². The van der Waals surface area contributed by atoms with E-state index in [-0.39, 0.29) is 12.5 Å². The predicted octanol–water partition coefficient (Wildman–Crippen LogP) is 4.59. The first-order valence-corrected chi connectivity index (χ1v) is 13.2. The molecule has 0 saturated heterocycles. The highest BCUT2D eigenvalue weighted by Gasteiger charge is 2.43. The molecule has 0 aromatic heterocycles. The van der Waals surface area contributed by atoms with Crippen LogP contribution in [0.2, 0.25) is 0 Å². The van der Waals surface area contributed by atoms with Crippen molar-refractivity contribution in [1.82, 2.24) is 15.5 Å². The molecule has 214 valence electrons. The van der Waals surface area contributed by atoms with Gasteiger partial charge in [-0.1, -0.05) is 44.5 Å². The molecular weight excluding hydrogens is 486 g/mol. The first-order valence-electron chi connectivity index (χ1n) is 13.2. The fourth-order valence-corrected chi connectivity index (χ4v) is 4.04. The standard InChI is InChI=1S/C29H47N3O6/c1-12-29(9,10)32(26(35)22(15-18(2)3)31-27(36)38-28(6,7)8)24(25(34)30-17-23(33)37-11)21-16-19(4)13-14-20(21)5/h13-14,16,18,22,24H,12,15,17H2,1-11H3,(H,30,34)(H,31,36). The van der Waals surface area contributed by atoms with E-state index >= 15 is 0 Å². The summed E-state index contributed by atoms with van der Waals surface area (Å²) in [6.07, 6.45) is 0.173. The molecule has 9 nitrogen and oxygen atoms in total. The van der Waals surface area contributed by atoms with E-state index in [4.69, 9.17) is 9.47 Å². The Morgan fingerprint density at radius 1 is 1.03 bits per heavy atom. The summed E-state index contributed by atoms with van der Waals surface area (Å²) in [7, 11) is 1.24. The molecule has 2 N–H and O–H groups in total. The van der Waals surface area contributed by atoms with Gasteiger partial charge in [0.15, 0.2) is 0 Å². The summed E-state index contributed by atoms with van der Waals surface area (Å²) in [6.45, 7) is 18.3. The highest BCUT2D eigenvalue weighted by molar-refractivity contribution is 5.94. The molecule has 9 heteroatoms. The van der Waals surface area contributed by atoms with E-state index in [0.29, 0.717) is 18.4 Å².